The minimum absolute atomic E-state index is 0. The Labute approximate surface area is 307 Å². The summed E-state index contributed by atoms with van der Waals surface area (Å²) >= 11 is 0. The Bertz CT molecular complexity index is 2460. The van der Waals surface area contributed by atoms with Crippen LogP contribution in [0.1, 0.15) is 37.9 Å². The van der Waals surface area contributed by atoms with Gasteiger partial charge in [-0.05, 0) is 50.2 Å². The van der Waals surface area contributed by atoms with E-state index in [1.807, 2.05) is 31.3 Å². The smallest absolute Gasteiger partial charge is 0.319 e. The topological polar surface area (TPSA) is 59.2 Å². The van der Waals surface area contributed by atoms with Gasteiger partial charge < -0.3 is 9.30 Å². The van der Waals surface area contributed by atoms with Gasteiger partial charge in [0.1, 0.15) is 11.6 Å². The van der Waals surface area contributed by atoms with Gasteiger partial charge in [-0.3, -0.25) is 4.98 Å². The molecule has 8 aromatic rings. The summed E-state index contributed by atoms with van der Waals surface area (Å²) in [5.74, 6) is 1.72. The van der Waals surface area contributed by atoms with Crippen molar-refractivity contribution in [2.75, 3.05) is 4.90 Å². The van der Waals surface area contributed by atoms with Crippen molar-refractivity contribution in [3.05, 3.63) is 151 Å². The molecular weight excluding hydrogens is 794 g/mol. The average molecular weight is 830 g/mol. The average Bonchev–Trinajstić information content (AvgIpc) is 3.58. The van der Waals surface area contributed by atoms with Crippen molar-refractivity contribution in [2.45, 2.75) is 40.0 Å². The molecule has 0 aliphatic heterocycles. The summed E-state index contributed by atoms with van der Waals surface area (Å²) in [6.07, 6.45) is 1.83. The number of aromatic nitrogens is 5. The molecule has 0 fully saturated rings. The first-order chi connectivity index (χ1) is 23.8. The number of hydrogen-bond donors (Lipinski definition) is 0. The van der Waals surface area contributed by atoms with Crippen molar-refractivity contribution in [2.24, 2.45) is 0 Å². The quantitative estimate of drug-likeness (QED) is 0.100. The number of aryl methyl sites for hydroxylation is 2. The number of nitrogens with zero attached hydrogens (tertiary/aromatic N) is 6. The van der Waals surface area contributed by atoms with Crippen LogP contribution in [0.2, 0.25) is 0 Å². The van der Waals surface area contributed by atoms with Gasteiger partial charge in [0.05, 0.1) is 16.7 Å². The second-order valence-corrected chi connectivity index (χ2v) is 13.6. The molecule has 4 heterocycles. The van der Waals surface area contributed by atoms with Gasteiger partial charge in [-0.15, -0.1) is 29.4 Å². The Morgan fingerprint density at radius 1 is 0.720 bits per heavy atom. The van der Waals surface area contributed by atoms with Gasteiger partial charge in [0, 0.05) is 23.0 Å². The summed E-state index contributed by atoms with van der Waals surface area (Å²) in [6, 6.07) is 47.6. The van der Waals surface area contributed by atoms with Gasteiger partial charge in [0.2, 0.25) is 0 Å². The fourth-order valence-electron chi connectivity index (χ4n) is 6.66. The molecule has 0 bridgehead atoms. The number of pyridine rings is 3. The maximum Gasteiger partial charge on any atom is 2.00 e. The molecular formula is C42H35BN6Pt. The molecule has 6 nitrogen and oxygen atoms in total. The number of fused-ring (bicyclic) bond motifs is 6. The predicted octanol–water partition coefficient (Wildman–Crippen LogP) is 7.32. The van der Waals surface area contributed by atoms with Crippen molar-refractivity contribution < 1.29 is 21.1 Å². The first-order valence-corrected chi connectivity index (χ1v) is 16.6. The zero-order chi connectivity index (χ0) is 33.7. The van der Waals surface area contributed by atoms with Crippen LogP contribution < -0.4 is 21.3 Å². The summed E-state index contributed by atoms with van der Waals surface area (Å²) in [7, 11) is 0. The summed E-state index contributed by atoms with van der Waals surface area (Å²) in [5, 5.41) is 11.4. The molecule has 0 amide bonds. The van der Waals surface area contributed by atoms with Crippen molar-refractivity contribution in [3.8, 4) is 0 Å². The van der Waals surface area contributed by atoms with Crippen LogP contribution >= 0.6 is 0 Å². The second kappa shape index (κ2) is 13.3. The van der Waals surface area contributed by atoms with Crippen LogP contribution in [0.3, 0.4) is 0 Å². The second-order valence-electron chi connectivity index (χ2n) is 13.6. The molecule has 50 heavy (non-hydrogen) atoms. The van der Waals surface area contributed by atoms with Gasteiger partial charge in [-0.25, -0.2) is 4.98 Å². The first-order valence-electron chi connectivity index (χ1n) is 16.6. The first kappa shape index (κ1) is 33.4. The van der Waals surface area contributed by atoms with E-state index in [0.717, 1.165) is 72.6 Å². The Morgan fingerprint density at radius 3 is 2.22 bits per heavy atom. The minimum atomic E-state index is -0.221. The summed E-state index contributed by atoms with van der Waals surface area (Å²) in [5.41, 5.74) is 9.75. The summed E-state index contributed by atoms with van der Waals surface area (Å²) in [6.45, 7) is 10.5. The van der Waals surface area contributed by atoms with Crippen molar-refractivity contribution >= 4 is 67.7 Å². The van der Waals surface area contributed by atoms with Crippen LogP contribution in [-0.4, -0.2) is 31.3 Å². The minimum Gasteiger partial charge on any atom is -0.319 e. The normalized spacial score (nSPS) is 11.5. The van der Waals surface area contributed by atoms with E-state index in [1.54, 1.807) is 0 Å². The van der Waals surface area contributed by atoms with E-state index in [0.29, 0.717) is 0 Å². The fraction of sp³-hybridized carbons (Fsp3) is 0.143. The molecule has 0 unspecified atom stereocenters. The van der Waals surface area contributed by atoms with Crippen molar-refractivity contribution in [1.82, 2.24) is 24.6 Å². The molecule has 8 rings (SSSR count). The molecule has 4 aromatic carbocycles. The van der Waals surface area contributed by atoms with E-state index in [4.69, 9.17) is 20.2 Å². The van der Waals surface area contributed by atoms with E-state index >= 15 is 0 Å². The van der Waals surface area contributed by atoms with Gasteiger partial charge in [-0.1, -0.05) is 96.8 Å². The van der Waals surface area contributed by atoms with E-state index in [9.17, 15) is 0 Å². The van der Waals surface area contributed by atoms with Crippen molar-refractivity contribution in [3.63, 3.8) is 0 Å². The van der Waals surface area contributed by atoms with Gasteiger partial charge in [-0.2, -0.15) is 34.2 Å². The third-order valence-electron chi connectivity index (χ3n) is 9.00. The Kier molecular flexibility index (Phi) is 8.88. The maximum absolute atomic E-state index is 5.03. The molecule has 0 spiro atoms. The molecule has 8 heteroatoms. The zero-order valence-electron chi connectivity index (χ0n) is 28.6. The van der Waals surface area contributed by atoms with Crippen LogP contribution in [0.5, 0.6) is 0 Å². The standard InChI is InChI=1S/C42H35BN6.Pt/c1-28-17-21-33(22-18-28)48(38-16-9-10-25-44-38)34-15-11-14-31(26-34)43(30-12-7-6-8-13-30)32-20-23-35-36(27-32)40-46-47-41(42(3,4)5)49(40)37-24-19-29(2)45-39(35)37;/h6-25H,1-5H3;/q-2;+2. The van der Waals surface area contributed by atoms with E-state index in [1.165, 1.54) is 5.56 Å². The van der Waals surface area contributed by atoms with E-state index in [-0.39, 0.29) is 33.2 Å². The number of hydrogen-bond acceptors (Lipinski definition) is 5. The molecule has 4 aromatic heterocycles. The van der Waals surface area contributed by atoms with Crippen molar-refractivity contribution in [1.29, 1.82) is 0 Å². The Morgan fingerprint density at radius 2 is 1.48 bits per heavy atom. The molecule has 0 saturated carbocycles. The molecule has 0 aliphatic rings. The molecule has 0 atom stereocenters. The predicted molar refractivity (Wildman–Crippen MR) is 202 cm³/mol. The summed E-state index contributed by atoms with van der Waals surface area (Å²) in [4.78, 5) is 11.9. The SMILES string of the molecule is Cc1ccc(N(c2[c-]c(B(c3[c-]c4c(cc3)c3nc(C)ccc3n3c(C(C)(C)C)nnc43)c3ccccc3)ccc2)c2ccccn2)cc1.[Pt+2]. The summed E-state index contributed by atoms with van der Waals surface area (Å²) < 4.78 is 2.17. The zero-order valence-corrected chi connectivity index (χ0v) is 30.9. The van der Waals surface area contributed by atoms with Crippen LogP contribution in [0.4, 0.5) is 17.2 Å². The molecule has 0 radical (unpaired) electrons. The van der Waals surface area contributed by atoms with Gasteiger partial charge >= 0.3 is 21.1 Å². The van der Waals surface area contributed by atoms with Crippen LogP contribution in [-0.2, 0) is 26.5 Å². The number of benzene rings is 4. The van der Waals surface area contributed by atoms with Crippen LogP contribution in [0, 0.1) is 26.0 Å². The van der Waals surface area contributed by atoms with E-state index < -0.39 is 0 Å². The molecule has 246 valence electrons. The monoisotopic (exact) mass is 829 g/mol. The Balaban J connectivity index is 0.00000392. The molecule has 0 aliphatic carbocycles. The maximum atomic E-state index is 5.03. The van der Waals surface area contributed by atoms with Gasteiger partial charge in [0.15, 0.2) is 6.71 Å². The third-order valence-corrected chi connectivity index (χ3v) is 9.00. The van der Waals surface area contributed by atoms with Crippen LogP contribution in [0.25, 0.3) is 27.5 Å². The third kappa shape index (κ3) is 6.01. The largest absolute Gasteiger partial charge is 2.00 e. The van der Waals surface area contributed by atoms with E-state index in [2.05, 4.69) is 146 Å². The number of anilines is 3. The van der Waals surface area contributed by atoms with Gasteiger partial charge in [0.25, 0.3) is 0 Å². The Hall–Kier alpha value is -5.13. The fourth-order valence-corrected chi connectivity index (χ4v) is 6.66. The molecule has 0 saturated heterocycles. The number of rotatable bonds is 6. The molecule has 0 N–H and O–H groups in total. The van der Waals surface area contributed by atoms with Crippen LogP contribution in [0.15, 0.2) is 121 Å².